The number of nitrogens with zero attached hydrogens (tertiary/aromatic N) is 3. The van der Waals surface area contributed by atoms with Gasteiger partial charge in [0.25, 0.3) is 0 Å². The number of pyridine rings is 2. The van der Waals surface area contributed by atoms with E-state index in [1.807, 2.05) is 6.07 Å². The number of aromatic nitrogens is 4. The highest BCUT2D eigenvalue weighted by molar-refractivity contribution is 9.10. The number of carboxylic acids is 1. The van der Waals surface area contributed by atoms with E-state index in [-0.39, 0.29) is 5.56 Å². The minimum absolute atomic E-state index is 0.120. The van der Waals surface area contributed by atoms with Crippen molar-refractivity contribution in [1.29, 1.82) is 0 Å². The molecule has 0 saturated carbocycles. The Morgan fingerprint density at radius 1 is 1.26 bits per heavy atom. The number of H-pyrrole nitrogens is 1. The molecule has 94 valence electrons. The van der Waals surface area contributed by atoms with Crippen LogP contribution in [0.25, 0.3) is 22.6 Å². The highest BCUT2D eigenvalue weighted by Gasteiger charge is 2.10. The van der Waals surface area contributed by atoms with Crippen LogP contribution in [-0.2, 0) is 0 Å². The van der Waals surface area contributed by atoms with Crippen molar-refractivity contribution in [3.8, 4) is 11.4 Å². The molecule has 3 aromatic heterocycles. The largest absolute Gasteiger partial charge is 0.478 e. The average molecular weight is 319 g/mol. The number of carboxylic acid groups (broad SMARTS) is 1. The number of hydrogen-bond acceptors (Lipinski definition) is 4. The Kier molecular flexibility index (Phi) is 2.75. The first-order valence-electron chi connectivity index (χ1n) is 5.33. The lowest BCUT2D eigenvalue weighted by Crippen LogP contribution is -1.96. The van der Waals surface area contributed by atoms with Crippen LogP contribution in [0.3, 0.4) is 0 Å². The van der Waals surface area contributed by atoms with E-state index in [1.165, 1.54) is 12.3 Å². The number of aromatic carboxylic acids is 1. The molecule has 0 spiro atoms. The zero-order chi connectivity index (χ0) is 13.4. The fraction of sp³-hybridized carbons (Fsp3) is 0. The topological polar surface area (TPSA) is 91.8 Å². The van der Waals surface area contributed by atoms with E-state index in [2.05, 4.69) is 35.9 Å². The summed E-state index contributed by atoms with van der Waals surface area (Å²) in [6.45, 7) is 0. The van der Waals surface area contributed by atoms with Gasteiger partial charge < -0.3 is 10.1 Å². The molecular formula is C12H7BrN4O2. The molecule has 0 amide bonds. The highest BCUT2D eigenvalue weighted by atomic mass is 79.9. The van der Waals surface area contributed by atoms with E-state index >= 15 is 0 Å². The van der Waals surface area contributed by atoms with E-state index < -0.39 is 5.97 Å². The third-order valence-electron chi connectivity index (χ3n) is 2.56. The van der Waals surface area contributed by atoms with Crippen LogP contribution in [0.2, 0.25) is 0 Å². The molecule has 0 aliphatic heterocycles. The van der Waals surface area contributed by atoms with Crippen LogP contribution in [0.15, 0.2) is 35.2 Å². The van der Waals surface area contributed by atoms with Crippen LogP contribution in [0.5, 0.6) is 0 Å². The maximum Gasteiger partial charge on any atom is 0.337 e. The molecule has 19 heavy (non-hydrogen) atoms. The third-order valence-corrected chi connectivity index (χ3v) is 3.00. The standard InChI is InChI=1S/C12H7BrN4O2/c13-8-1-6(3-14-5-8)10-16-9-2-7(12(18)19)4-15-11(9)17-10/h1-5H,(H,18,19)(H,15,16,17). The molecule has 0 aliphatic carbocycles. The summed E-state index contributed by atoms with van der Waals surface area (Å²) < 4.78 is 0.838. The molecule has 2 N–H and O–H groups in total. The van der Waals surface area contributed by atoms with Crippen molar-refractivity contribution in [2.45, 2.75) is 0 Å². The Morgan fingerprint density at radius 3 is 2.84 bits per heavy atom. The zero-order valence-electron chi connectivity index (χ0n) is 9.46. The maximum atomic E-state index is 10.9. The SMILES string of the molecule is O=C(O)c1cnc2nc(-c3cncc(Br)c3)[nH]c2c1. The number of aromatic amines is 1. The normalized spacial score (nSPS) is 10.8. The summed E-state index contributed by atoms with van der Waals surface area (Å²) in [7, 11) is 0. The lowest BCUT2D eigenvalue weighted by atomic mass is 10.3. The van der Waals surface area contributed by atoms with E-state index in [9.17, 15) is 4.79 Å². The third kappa shape index (κ3) is 2.19. The summed E-state index contributed by atoms with van der Waals surface area (Å²) in [5.74, 6) is -0.423. The number of hydrogen-bond donors (Lipinski definition) is 2. The number of nitrogens with one attached hydrogen (secondary N) is 1. The van der Waals surface area contributed by atoms with Crippen LogP contribution in [0.1, 0.15) is 10.4 Å². The van der Waals surface area contributed by atoms with Gasteiger partial charge in [-0.15, -0.1) is 0 Å². The van der Waals surface area contributed by atoms with Crippen LogP contribution in [-0.4, -0.2) is 31.0 Å². The molecule has 0 aliphatic rings. The minimum atomic E-state index is -1.02. The van der Waals surface area contributed by atoms with Gasteiger partial charge in [0.15, 0.2) is 5.65 Å². The fourth-order valence-electron chi connectivity index (χ4n) is 1.70. The molecule has 0 bridgehead atoms. The van der Waals surface area contributed by atoms with Gasteiger partial charge in [-0.25, -0.2) is 14.8 Å². The monoisotopic (exact) mass is 318 g/mol. The highest BCUT2D eigenvalue weighted by Crippen LogP contribution is 2.21. The first-order chi connectivity index (χ1) is 9.13. The molecule has 0 fully saturated rings. The Balaban J connectivity index is 2.14. The van der Waals surface area contributed by atoms with Gasteiger partial charge in [-0.2, -0.15) is 0 Å². The van der Waals surface area contributed by atoms with Gasteiger partial charge in [0, 0.05) is 28.6 Å². The molecule has 3 aromatic rings. The van der Waals surface area contributed by atoms with Gasteiger partial charge in [0.05, 0.1) is 11.1 Å². The van der Waals surface area contributed by atoms with Gasteiger partial charge >= 0.3 is 5.97 Å². The summed E-state index contributed by atoms with van der Waals surface area (Å²) in [5.41, 5.74) is 1.97. The lowest BCUT2D eigenvalue weighted by molar-refractivity contribution is 0.0696. The summed E-state index contributed by atoms with van der Waals surface area (Å²) in [6, 6.07) is 3.37. The van der Waals surface area contributed by atoms with Crippen molar-refractivity contribution >= 4 is 33.1 Å². The molecule has 0 saturated heterocycles. The average Bonchev–Trinajstić information content (AvgIpc) is 2.81. The Labute approximate surface area is 115 Å². The number of imidazole rings is 1. The second-order valence-electron chi connectivity index (χ2n) is 3.88. The lowest BCUT2D eigenvalue weighted by Gasteiger charge is -1.95. The van der Waals surface area contributed by atoms with E-state index in [0.29, 0.717) is 17.0 Å². The summed E-state index contributed by atoms with van der Waals surface area (Å²) >= 11 is 3.34. The molecule has 6 nitrogen and oxygen atoms in total. The van der Waals surface area contributed by atoms with Crippen molar-refractivity contribution in [3.63, 3.8) is 0 Å². The molecule has 3 rings (SSSR count). The quantitative estimate of drug-likeness (QED) is 0.757. The number of halogens is 1. The van der Waals surface area contributed by atoms with Crippen molar-refractivity contribution in [2.24, 2.45) is 0 Å². The van der Waals surface area contributed by atoms with Crippen molar-refractivity contribution in [1.82, 2.24) is 19.9 Å². The number of rotatable bonds is 2. The first-order valence-corrected chi connectivity index (χ1v) is 6.13. The smallest absolute Gasteiger partial charge is 0.337 e. The molecule has 7 heteroatoms. The molecular weight excluding hydrogens is 312 g/mol. The Morgan fingerprint density at radius 2 is 2.11 bits per heavy atom. The molecule has 3 heterocycles. The summed E-state index contributed by atoms with van der Waals surface area (Å²) in [6.07, 6.45) is 4.63. The van der Waals surface area contributed by atoms with Crippen LogP contribution < -0.4 is 0 Å². The van der Waals surface area contributed by atoms with Gasteiger partial charge in [-0.1, -0.05) is 0 Å². The molecule has 0 atom stereocenters. The Bertz CT molecular complexity index is 784. The minimum Gasteiger partial charge on any atom is -0.478 e. The van der Waals surface area contributed by atoms with E-state index in [0.717, 1.165) is 10.0 Å². The predicted octanol–water partition coefficient (Wildman–Crippen LogP) is 2.48. The van der Waals surface area contributed by atoms with Gasteiger partial charge in [0.1, 0.15) is 5.82 Å². The van der Waals surface area contributed by atoms with E-state index in [4.69, 9.17) is 5.11 Å². The molecule has 0 radical (unpaired) electrons. The summed E-state index contributed by atoms with van der Waals surface area (Å²) in [5, 5.41) is 8.91. The number of fused-ring (bicyclic) bond motifs is 1. The maximum absolute atomic E-state index is 10.9. The molecule has 0 unspecified atom stereocenters. The van der Waals surface area contributed by atoms with Crippen LogP contribution in [0.4, 0.5) is 0 Å². The van der Waals surface area contributed by atoms with E-state index in [1.54, 1.807) is 12.4 Å². The van der Waals surface area contributed by atoms with Gasteiger partial charge in [0.2, 0.25) is 0 Å². The van der Waals surface area contributed by atoms with Crippen molar-refractivity contribution < 1.29 is 9.90 Å². The van der Waals surface area contributed by atoms with Crippen molar-refractivity contribution in [3.05, 3.63) is 40.8 Å². The zero-order valence-corrected chi connectivity index (χ0v) is 11.0. The summed E-state index contributed by atoms with van der Waals surface area (Å²) in [4.78, 5) is 26.3. The fourth-order valence-corrected chi connectivity index (χ4v) is 2.06. The number of carbonyl (C=O) groups is 1. The Hall–Kier alpha value is -2.28. The van der Waals surface area contributed by atoms with Crippen LogP contribution >= 0.6 is 15.9 Å². The second-order valence-corrected chi connectivity index (χ2v) is 4.79. The molecule has 0 aromatic carbocycles. The van der Waals surface area contributed by atoms with Crippen LogP contribution in [0, 0.1) is 0 Å². The second kappa shape index (κ2) is 4.43. The van der Waals surface area contributed by atoms with Crippen molar-refractivity contribution in [2.75, 3.05) is 0 Å². The van der Waals surface area contributed by atoms with Gasteiger partial charge in [-0.05, 0) is 28.1 Å². The predicted molar refractivity (Wildman–Crippen MR) is 71.8 cm³/mol. The van der Waals surface area contributed by atoms with Gasteiger partial charge in [-0.3, -0.25) is 4.98 Å². The first kappa shape index (κ1) is 11.8.